The fourth-order valence-electron chi connectivity index (χ4n) is 5.90. The Morgan fingerprint density at radius 1 is 0.978 bits per heavy atom. The van der Waals surface area contributed by atoms with Gasteiger partial charge >= 0.3 is 12.1 Å². The number of carbonyl (C=O) groups excluding carboxylic acids is 3. The van der Waals surface area contributed by atoms with Gasteiger partial charge in [-0.15, -0.1) is 0 Å². The van der Waals surface area contributed by atoms with E-state index in [9.17, 15) is 14.4 Å². The number of imidazole rings is 1. The van der Waals surface area contributed by atoms with E-state index >= 15 is 0 Å². The minimum Gasteiger partial charge on any atom is -0.489 e. The second-order valence-corrected chi connectivity index (χ2v) is 11.8. The lowest BCUT2D eigenvalue weighted by Gasteiger charge is -2.37. The first kappa shape index (κ1) is 30.2. The molecule has 2 aliphatic rings. The summed E-state index contributed by atoms with van der Waals surface area (Å²) in [4.78, 5) is 47.9. The first-order valence-corrected chi connectivity index (χ1v) is 15.4. The lowest BCUT2D eigenvalue weighted by atomic mass is 10.00. The molecule has 3 heterocycles. The number of aryl methyl sites for hydroxylation is 1. The highest BCUT2D eigenvalue weighted by molar-refractivity contribution is 6.30. The van der Waals surface area contributed by atoms with Gasteiger partial charge in [-0.05, 0) is 67.3 Å². The second-order valence-electron chi connectivity index (χ2n) is 11.4. The van der Waals surface area contributed by atoms with Crippen LogP contribution in [-0.2, 0) is 24.4 Å². The van der Waals surface area contributed by atoms with Gasteiger partial charge < -0.3 is 25.2 Å². The van der Waals surface area contributed by atoms with Crippen molar-refractivity contribution in [3.8, 4) is 5.75 Å². The molecule has 2 aliphatic heterocycles. The Balaban J connectivity index is 1.10. The summed E-state index contributed by atoms with van der Waals surface area (Å²) in [5.74, 6) is 1.24. The van der Waals surface area contributed by atoms with Gasteiger partial charge in [-0.1, -0.05) is 54.1 Å². The number of piperidine rings is 1. The Morgan fingerprint density at radius 3 is 2.38 bits per heavy atom. The van der Waals surface area contributed by atoms with E-state index in [4.69, 9.17) is 16.3 Å². The summed E-state index contributed by atoms with van der Waals surface area (Å²) in [6.07, 6.45) is 3.37. The molecule has 45 heavy (non-hydrogen) atoms. The fraction of sp³-hybridized carbons (Fsp3) is 0.294. The first-order chi connectivity index (χ1) is 21.8. The summed E-state index contributed by atoms with van der Waals surface area (Å²) in [5, 5.41) is 6.25. The van der Waals surface area contributed by atoms with Crippen LogP contribution in [0.5, 0.6) is 5.75 Å². The normalized spacial score (nSPS) is 15.5. The Bertz CT molecular complexity index is 1650. The Hall–Kier alpha value is -4.83. The molecule has 4 aromatic rings. The van der Waals surface area contributed by atoms with Crippen molar-refractivity contribution < 1.29 is 19.1 Å². The van der Waals surface area contributed by atoms with Crippen molar-refractivity contribution >= 4 is 35.3 Å². The maximum atomic E-state index is 13.9. The van der Waals surface area contributed by atoms with Crippen molar-refractivity contribution in [2.75, 3.05) is 18.4 Å². The summed E-state index contributed by atoms with van der Waals surface area (Å²) in [6, 6.07) is 23.0. The van der Waals surface area contributed by atoms with E-state index in [0.29, 0.717) is 62.0 Å². The van der Waals surface area contributed by atoms with Gasteiger partial charge in [0.25, 0.3) is 0 Å². The molecule has 1 atom stereocenters. The van der Waals surface area contributed by atoms with E-state index in [0.717, 1.165) is 22.6 Å². The Morgan fingerprint density at radius 2 is 1.69 bits per heavy atom. The van der Waals surface area contributed by atoms with Crippen molar-refractivity contribution in [3.63, 3.8) is 0 Å². The van der Waals surface area contributed by atoms with Gasteiger partial charge in [0, 0.05) is 36.3 Å². The number of anilines is 1. The predicted octanol–water partition coefficient (Wildman–Crippen LogP) is 5.63. The van der Waals surface area contributed by atoms with Crippen LogP contribution in [0.15, 0.2) is 85.1 Å². The van der Waals surface area contributed by atoms with Gasteiger partial charge in [0.2, 0.25) is 5.91 Å². The maximum Gasteiger partial charge on any atom is 0.330 e. The van der Waals surface area contributed by atoms with Crippen LogP contribution in [0, 0.1) is 6.92 Å². The number of ether oxygens (including phenoxy) is 1. The molecule has 10 nitrogen and oxygen atoms in total. The molecule has 1 saturated heterocycles. The number of hydrogen-bond donors (Lipinski definition) is 2. The summed E-state index contributed by atoms with van der Waals surface area (Å²) in [6.45, 7) is 3.78. The predicted molar refractivity (Wildman–Crippen MR) is 171 cm³/mol. The average Bonchev–Trinajstić information content (AvgIpc) is 3.60. The zero-order valence-corrected chi connectivity index (χ0v) is 25.7. The number of benzene rings is 3. The average molecular weight is 627 g/mol. The molecule has 3 aromatic carbocycles. The monoisotopic (exact) mass is 626 g/mol. The maximum absolute atomic E-state index is 13.9. The standard InChI is InChI=1S/C34H35ClN6O4/c1-23-36-20-29-21-40(34(44)41(23)29)28-15-17-39(18-16-28)32(42)31(38-33(43)37-27-11-9-26(35)10-12-27)19-24-7-13-30(14-8-24)45-22-25-5-3-2-4-6-25/h2-14,20,28,31H,15-19,21-22H2,1H3,(H2,37,38,43)/t31-/m1/s1. The topological polar surface area (TPSA) is 109 Å². The number of likely N-dealkylation sites (tertiary alicyclic amines) is 1. The van der Waals surface area contributed by atoms with E-state index in [1.54, 1.807) is 39.9 Å². The van der Waals surface area contributed by atoms with Crippen LogP contribution in [0.25, 0.3) is 0 Å². The van der Waals surface area contributed by atoms with Crippen LogP contribution in [0.3, 0.4) is 0 Å². The summed E-state index contributed by atoms with van der Waals surface area (Å²) >= 11 is 5.98. The van der Waals surface area contributed by atoms with Gasteiger partial charge in [0.05, 0.1) is 18.4 Å². The molecule has 1 aromatic heterocycles. The van der Waals surface area contributed by atoms with Crippen LogP contribution in [0.1, 0.15) is 35.5 Å². The smallest absolute Gasteiger partial charge is 0.330 e. The summed E-state index contributed by atoms with van der Waals surface area (Å²) in [7, 11) is 0. The number of amides is 4. The number of rotatable bonds is 9. The third-order valence-electron chi connectivity index (χ3n) is 8.31. The highest BCUT2D eigenvalue weighted by atomic mass is 35.5. The third-order valence-corrected chi connectivity index (χ3v) is 8.57. The van der Waals surface area contributed by atoms with E-state index in [1.165, 1.54) is 0 Å². The molecule has 1 fully saturated rings. The molecular formula is C34H35ClN6O4. The molecular weight excluding hydrogens is 592 g/mol. The van der Waals surface area contributed by atoms with Crippen LogP contribution in [0.4, 0.5) is 15.3 Å². The second kappa shape index (κ2) is 13.4. The Labute approximate surface area is 266 Å². The van der Waals surface area contributed by atoms with E-state index < -0.39 is 12.1 Å². The van der Waals surface area contributed by atoms with Gasteiger partial charge in [-0.2, -0.15) is 0 Å². The number of urea groups is 1. The quantitative estimate of drug-likeness (QED) is 0.250. The largest absolute Gasteiger partial charge is 0.489 e. The lowest BCUT2D eigenvalue weighted by molar-refractivity contribution is -0.134. The van der Waals surface area contributed by atoms with E-state index in [1.807, 2.05) is 66.4 Å². The van der Waals surface area contributed by atoms with Gasteiger partial charge in [-0.3, -0.25) is 9.36 Å². The highest BCUT2D eigenvalue weighted by Gasteiger charge is 2.37. The minimum absolute atomic E-state index is 0.0314. The first-order valence-electron chi connectivity index (χ1n) is 15.1. The number of nitrogens with one attached hydrogen (secondary N) is 2. The molecule has 0 bridgehead atoms. The SMILES string of the molecule is Cc1ncc2n1C(=O)N(C1CCN(C(=O)[C@@H](Cc3ccc(OCc4ccccc4)cc3)NC(=O)Nc3ccc(Cl)cc3)CC1)C2. The molecule has 4 amide bonds. The zero-order chi connectivity index (χ0) is 31.3. The third kappa shape index (κ3) is 7.12. The minimum atomic E-state index is -0.798. The molecule has 0 saturated carbocycles. The van der Waals surface area contributed by atoms with Crippen molar-refractivity contribution in [2.45, 2.75) is 51.4 Å². The van der Waals surface area contributed by atoms with Crippen molar-refractivity contribution in [1.29, 1.82) is 0 Å². The number of nitrogens with zero attached hydrogens (tertiary/aromatic N) is 4. The highest BCUT2D eigenvalue weighted by Crippen LogP contribution is 2.26. The molecule has 6 rings (SSSR count). The molecule has 11 heteroatoms. The van der Waals surface area contributed by atoms with Crippen molar-refractivity contribution in [1.82, 2.24) is 24.7 Å². The number of halogens is 1. The number of hydrogen-bond acceptors (Lipinski definition) is 5. The van der Waals surface area contributed by atoms with Crippen molar-refractivity contribution in [2.24, 2.45) is 0 Å². The van der Waals surface area contributed by atoms with Crippen molar-refractivity contribution in [3.05, 3.63) is 113 Å². The summed E-state index contributed by atoms with van der Waals surface area (Å²) in [5.41, 5.74) is 3.41. The fourth-order valence-corrected chi connectivity index (χ4v) is 6.02. The number of aromatic nitrogens is 2. The molecule has 0 spiro atoms. The molecule has 232 valence electrons. The molecule has 0 aliphatic carbocycles. The van der Waals surface area contributed by atoms with E-state index in [2.05, 4.69) is 15.6 Å². The van der Waals surface area contributed by atoms with Crippen LogP contribution >= 0.6 is 11.6 Å². The summed E-state index contributed by atoms with van der Waals surface area (Å²) < 4.78 is 7.58. The molecule has 0 unspecified atom stereocenters. The van der Waals surface area contributed by atoms with E-state index in [-0.39, 0.29) is 18.0 Å². The van der Waals surface area contributed by atoms with Gasteiger partial charge in [-0.25, -0.2) is 14.6 Å². The molecule has 0 radical (unpaired) electrons. The zero-order valence-electron chi connectivity index (χ0n) is 25.0. The number of fused-ring (bicyclic) bond motifs is 1. The lowest BCUT2D eigenvalue weighted by Crippen LogP contribution is -2.54. The van der Waals surface area contributed by atoms with Crippen LogP contribution < -0.4 is 15.4 Å². The molecule has 2 N–H and O–H groups in total. The van der Waals surface area contributed by atoms with Gasteiger partial charge in [0.15, 0.2) is 0 Å². The number of carbonyl (C=O) groups is 3. The van der Waals surface area contributed by atoms with Crippen LogP contribution in [0.2, 0.25) is 5.02 Å². The van der Waals surface area contributed by atoms with Crippen LogP contribution in [-0.4, -0.2) is 62.5 Å². The van der Waals surface area contributed by atoms with Gasteiger partial charge in [0.1, 0.15) is 24.2 Å². The Kier molecular flexibility index (Phi) is 9.02.